The lowest BCUT2D eigenvalue weighted by Gasteiger charge is -1.83. The number of rotatable bonds is 2. The van der Waals surface area contributed by atoms with Gasteiger partial charge in [-0.3, -0.25) is 0 Å². The monoisotopic (exact) mass is 216 g/mol. The zero-order valence-corrected chi connectivity index (χ0v) is 8.14. The van der Waals surface area contributed by atoms with Gasteiger partial charge in [-0.15, -0.1) is 35.0 Å². The molecule has 1 rings (SSSR count). The third kappa shape index (κ3) is 4.36. The average molecular weight is 217 g/mol. The van der Waals surface area contributed by atoms with Crippen molar-refractivity contribution in [1.82, 2.24) is 10.2 Å². The van der Waals surface area contributed by atoms with E-state index in [2.05, 4.69) is 10.2 Å². The molecule has 4 N–H and O–H groups in total. The van der Waals surface area contributed by atoms with Crippen LogP contribution >= 0.6 is 36.2 Å². The van der Waals surface area contributed by atoms with E-state index < -0.39 is 0 Å². The van der Waals surface area contributed by atoms with E-state index in [0.29, 0.717) is 11.7 Å². The van der Waals surface area contributed by atoms with Crippen molar-refractivity contribution in [3.8, 4) is 0 Å². The quantitative estimate of drug-likeness (QED) is 0.754. The Kier molecular flexibility index (Phi) is 8.09. The Balaban J connectivity index is 0. The lowest BCUT2D eigenvalue weighted by Crippen LogP contribution is -2.01. The van der Waals surface area contributed by atoms with E-state index in [4.69, 9.17) is 11.5 Å². The summed E-state index contributed by atoms with van der Waals surface area (Å²) in [6.07, 6.45) is 0.773. The molecule has 0 aliphatic heterocycles. The molecule has 1 heterocycles. The lowest BCUT2D eigenvalue weighted by molar-refractivity contribution is 0.914. The summed E-state index contributed by atoms with van der Waals surface area (Å²) in [5.41, 5.74) is 10.6. The Morgan fingerprint density at radius 3 is 2.27 bits per heavy atom. The zero-order chi connectivity index (χ0) is 6.69. The van der Waals surface area contributed by atoms with Crippen LogP contribution in [0, 0.1) is 0 Å². The van der Waals surface area contributed by atoms with Crippen molar-refractivity contribution in [1.29, 1.82) is 0 Å². The fourth-order valence-electron chi connectivity index (χ4n) is 0.491. The van der Waals surface area contributed by atoms with E-state index in [1.165, 1.54) is 11.3 Å². The van der Waals surface area contributed by atoms with Crippen LogP contribution in [0.25, 0.3) is 0 Å². The van der Waals surface area contributed by atoms with Crippen molar-refractivity contribution in [2.45, 2.75) is 6.42 Å². The van der Waals surface area contributed by atoms with Gasteiger partial charge < -0.3 is 11.5 Å². The number of nitrogen functional groups attached to an aromatic ring is 1. The highest BCUT2D eigenvalue weighted by Gasteiger charge is 1.96. The highest BCUT2D eigenvalue weighted by atomic mass is 35.5. The minimum Gasteiger partial charge on any atom is -0.374 e. The van der Waals surface area contributed by atoms with E-state index in [9.17, 15) is 0 Å². The first-order valence-electron chi connectivity index (χ1n) is 2.61. The SMILES string of the molecule is Cl.Cl.NCCc1nnc(N)s1. The van der Waals surface area contributed by atoms with Gasteiger partial charge in [0, 0.05) is 6.42 Å². The van der Waals surface area contributed by atoms with Gasteiger partial charge in [-0.25, -0.2) is 0 Å². The Labute approximate surface area is 81.2 Å². The van der Waals surface area contributed by atoms with Crippen molar-refractivity contribution in [3.63, 3.8) is 0 Å². The molecule has 0 fully saturated rings. The minimum absolute atomic E-state index is 0. The standard InChI is InChI=1S/C4H8N4S.2ClH/c5-2-1-3-7-8-4(6)9-3;;/h1-2,5H2,(H2,6,8);2*1H. The van der Waals surface area contributed by atoms with Crippen LogP contribution in [-0.4, -0.2) is 16.7 Å². The van der Waals surface area contributed by atoms with Gasteiger partial charge in [0.1, 0.15) is 5.01 Å². The highest BCUT2D eigenvalue weighted by Crippen LogP contribution is 2.09. The number of nitrogens with two attached hydrogens (primary N) is 2. The van der Waals surface area contributed by atoms with Crippen molar-refractivity contribution in [3.05, 3.63) is 5.01 Å². The fourth-order valence-corrected chi connectivity index (χ4v) is 1.12. The molecule has 7 heteroatoms. The summed E-state index contributed by atoms with van der Waals surface area (Å²) >= 11 is 1.39. The van der Waals surface area contributed by atoms with Crippen LogP contribution in [0.4, 0.5) is 5.13 Å². The van der Waals surface area contributed by atoms with Gasteiger partial charge in [0.25, 0.3) is 0 Å². The lowest BCUT2D eigenvalue weighted by atomic mass is 10.5. The summed E-state index contributed by atoms with van der Waals surface area (Å²) in [6, 6.07) is 0. The van der Waals surface area contributed by atoms with Gasteiger partial charge in [-0.2, -0.15) is 0 Å². The van der Waals surface area contributed by atoms with E-state index >= 15 is 0 Å². The molecular weight excluding hydrogens is 207 g/mol. The number of aromatic nitrogens is 2. The van der Waals surface area contributed by atoms with Gasteiger partial charge >= 0.3 is 0 Å². The molecular formula is C4H10Cl2N4S. The predicted molar refractivity (Wildman–Crippen MR) is 51.6 cm³/mol. The van der Waals surface area contributed by atoms with Crippen LogP contribution in [0.2, 0.25) is 0 Å². The van der Waals surface area contributed by atoms with E-state index in [-0.39, 0.29) is 24.8 Å². The van der Waals surface area contributed by atoms with Gasteiger partial charge in [0.2, 0.25) is 5.13 Å². The van der Waals surface area contributed by atoms with Crippen LogP contribution < -0.4 is 11.5 Å². The third-order valence-corrected chi connectivity index (χ3v) is 1.65. The molecule has 0 unspecified atom stereocenters. The number of nitrogens with zero attached hydrogens (tertiary/aromatic N) is 2. The van der Waals surface area contributed by atoms with Crippen LogP contribution in [0.15, 0.2) is 0 Å². The number of hydrogen-bond donors (Lipinski definition) is 2. The molecule has 0 amide bonds. The Morgan fingerprint density at radius 2 is 1.91 bits per heavy atom. The molecule has 0 saturated carbocycles. The van der Waals surface area contributed by atoms with E-state index in [1.54, 1.807) is 0 Å². The zero-order valence-electron chi connectivity index (χ0n) is 5.69. The molecule has 0 aliphatic carbocycles. The van der Waals surface area contributed by atoms with Gasteiger partial charge in [0.05, 0.1) is 0 Å². The predicted octanol–water partition coefficient (Wildman–Crippen LogP) is 0.465. The van der Waals surface area contributed by atoms with Crippen LogP contribution in [0.1, 0.15) is 5.01 Å². The molecule has 0 aromatic carbocycles. The van der Waals surface area contributed by atoms with Gasteiger partial charge in [-0.05, 0) is 6.54 Å². The minimum atomic E-state index is 0. The highest BCUT2D eigenvalue weighted by molar-refractivity contribution is 7.15. The van der Waals surface area contributed by atoms with Gasteiger partial charge in [0.15, 0.2) is 0 Å². The molecule has 0 spiro atoms. The normalized spacial score (nSPS) is 8.09. The summed E-state index contributed by atoms with van der Waals surface area (Å²) < 4.78 is 0. The molecule has 66 valence electrons. The summed E-state index contributed by atoms with van der Waals surface area (Å²) in [5.74, 6) is 0. The smallest absolute Gasteiger partial charge is 0.203 e. The number of hydrogen-bond acceptors (Lipinski definition) is 5. The first-order valence-corrected chi connectivity index (χ1v) is 3.42. The summed E-state index contributed by atoms with van der Waals surface area (Å²) in [6.45, 7) is 0.606. The third-order valence-electron chi connectivity index (χ3n) is 0.841. The maximum Gasteiger partial charge on any atom is 0.203 e. The Morgan fingerprint density at radius 1 is 1.27 bits per heavy atom. The molecule has 0 saturated heterocycles. The summed E-state index contributed by atoms with van der Waals surface area (Å²) in [5, 5.41) is 8.82. The molecule has 0 bridgehead atoms. The molecule has 0 atom stereocenters. The number of halogens is 2. The van der Waals surface area contributed by atoms with Crippen molar-refractivity contribution in [2.75, 3.05) is 12.3 Å². The average Bonchev–Trinajstić information content (AvgIpc) is 2.17. The first kappa shape index (κ1) is 13.5. The number of anilines is 1. The summed E-state index contributed by atoms with van der Waals surface area (Å²) in [7, 11) is 0. The molecule has 0 radical (unpaired) electrons. The van der Waals surface area contributed by atoms with Crippen molar-refractivity contribution in [2.24, 2.45) is 5.73 Å². The molecule has 11 heavy (non-hydrogen) atoms. The second-order valence-corrected chi connectivity index (χ2v) is 2.67. The van der Waals surface area contributed by atoms with Crippen molar-refractivity contribution < 1.29 is 0 Å². The second kappa shape index (κ2) is 6.60. The molecule has 1 aromatic heterocycles. The topological polar surface area (TPSA) is 77.8 Å². The molecule has 0 aliphatic rings. The second-order valence-electron chi connectivity index (χ2n) is 1.57. The molecule has 1 aromatic rings. The van der Waals surface area contributed by atoms with E-state index in [1.807, 2.05) is 0 Å². The summed E-state index contributed by atoms with van der Waals surface area (Å²) in [4.78, 5) is 0. The molecule has 4 nitrogen and oxygen atoms in total. The largest absolute Gasteiger partial charge is 0.374 e. The maximum atomic E-state index is 5.31. The Hall–Kier alpha value is -0.100. The van der Waals surface area contributed by atoms with Crippen LogP contribution in [0.3, 0.4) is 0 Å². The van der Waals surface area contributed by atoms with Crippen LogP contribution in [-0.2, 0) is 6.42 Å². The van der Waals surface area contributed by atoms with Gasteiger partial charge in [-0.1, -0.05) is 11.3 Å². The maximum absolute atomic E-state index is 5.31. The van der Waals surface area contributed by atoms with E-state index in [0.717, 1.165) is 11.4 Å². The fraction of sp³-hybridized carbons (Fsp3) is 0.500. The van der Waals surface area contributed by atoms with Crippen LogP contribution in [0.5, 0.6) is 0 Å². The Bertz CT molecular complexity index is 192. The van der Waals surface area contributed by atoms with Crippen molar-refractivity contribution >= 4 is 41.3 Å². The first-order chi connectivity index (χ1) is 4.33.